The fourth-order valence-corrected chi connectivity index (χ4v) is 4.84. The SMILES string of the molecule is O=C(NS(=O)(=O)c1cnc(NCCSc2ccccc2)nc1)c1ccc(NC(=O)c2ccccc2F)cc1. The summed E-state index contributed by atoms with van der Waals surface area (Å²) >= 11 is 1.66. The molecule has 0 aliphatic heterocycles. The number of amides is 2. The third kappa shape index (κ3) is 7.14. The number of rotatable bonds is 10. The zero-order chi connectivity index (χ0) is 27.0. The van der Waals surface area contributed by atoms with Gasteiger partial charge in [0.05, 0.1) is 18.0 Å². The van der Waals surface area contributed by atoms with Crippen LogP contribution in [0.25, 0.3) is 0 Å². The van der Waals surface area contributed by atoms with Crippen molar-refractivity contribution in [3.05, 3.63) is 108 Å². The van der Waals surface area contributed by atoms with Crippen molar-refractivity contribution in [2.45, 2.75) is 9.79 Å². The summed E-state index contributed by atoms with van der Waals surface area (Å²) in [5.41, 5.74) is 0.207. The third-order valence-corrected chi connectivity index (χ3v) is 7.39. The normalized spacial score (nSPS) is 11.0. The Hall–Kier alpha value is -4.29. The van der Waals surface area contributed by atoms with Crippen molar-refractivity contribution in [2.24, 2.45) is 0 Å². The summed E-state index contributed by atoms with van der Waals surface area (Å²) in [6, 6.07) is 20.9. The number of carbonyl (C=O) groups excluding carboxylic acids is 2. The van der Waals surface area contributed by atoms with Gasteiger partial charge < -0.3 is 10.6 Å². The maximum atomic E-state index is 13.8. The Kier molecular flexibility index (Phi) is 8.66. The maximum Gasteiger partial charge on any atom is 0.267 e. The van der Waals surface area contributed by atoms with Crippen molar-refractivity contribution < 1.29 is 22.4 Å². The first-order valence-corrected chi connectivity index (χ1v) is 13.8. The van der Waals surface area contributed by atoms with E-state index in [4.69, 9.17) is 0 Å². The summed E-state index contributed by atoms with van der Waals surface area (Å²) in [6.45, 7) is 0.569. The molecule has 3 aromatic carbocycles. The molecule has 9 nitrogen and oxygen atoms in total. The number of aromatic nitrogens is 2. The van der Waals surface area contributed by atoms with Gasteiger partial charge in [0.15, 0.2) is 0 Å². The summed E-state index contributed by atoms with van der Waals surface area (Å²) in [5.74, 6) is -1.18. The second-order valence-corrected chi connectivity index (χ2v) is 10.6. The molecule has 3 N–H and O–H groups in total. The molecule has 38 heavy (non-hydrogen) atoms. The van der Waals surface area contributed by atoms with Crippen LogP contribution in [-0.2, 0) is 10.0 Å². The molecular formula is C26H22FN5O4S2. The van der Waals surface area contributed by atoms with E-state index in [1.165, 1.54) is 48.5 Å². The summed E-state index contributed by atoms with van der Waals surface area (Å²) in [4.78, 5) is 33.6. The van der Waals surface area contributed by atoms with Gasteiger partial charge in [0, 0.05) is 28.4 Å². The molecule has 0 aliphatic rings. The van der Waals surface area contributed by atoms with Gasteiger partial charge in [-0.2, -0.15) is 0 Å². The molecule has 0 unspecified atom stereocenters. The second kappa shape index (κ2) is 12.3. The van der Waals surface area contributed by atoms with Crippen molar-refractivity contribution in [1.82, 2.24) is 14.7 Å². The highest BCUT2D eigenvalue weighted by Gasteiger charge is 2.20. The Morgan fingerprint density at radius 3 is 2.18 bits per heavy atom. The van der Waals surface area contributed by atoms with Crippen molar-refractivity contribution in [1.29, 1.82) is 0 Å². The summed E-state index contributed by atoms with van der Waals surface area (Å²) in [6.07, 6.45) is 2.22. The third-order valence-electron chi connectivity index (χ3n) is 5.09. The Labute approximate surface area is 223 Å². The standard InChI is InChI=1S/C26H22FN5O4S2/c27-23-9-5-4-8-22(23)25(34)31-19-12-10-18(11-13-19)24(33)32-38(35,36)21-16-29-26(30-17-21)28-14-15-37-20-6-2-1-3-7-20/h1-13,16-17H,14-15H2,(H,31,34)(H,32,33)(H,28,29,30). The molecule has 0 bridgehead atoms. The highest BCUT2D eigenvalue weighted by molar-refractivity contribution is 7.99. The Morgan fingerprint density at radius 2 is 1.50 bits per heavy atom. The number of benzene rings is 3. The molecule has 0 spiro atoms. The lowest BCUT2D eigenvalue weighted by Crippen LogP contribution is -2.30. The smallest absolute Gasteiger partial charge is 0.267 e. The molecule has 0 atom stereocenters. The maximum absolute atomic E-state index is 13.8. The van der Waals surface area contributed by atoms with Gasteiger partial charge in [-0.05, 0) is 48.5 Å². The predicted octanol–water partition coefficient (Wildman–Crippen LogP) is 4.19. The second-order valence-electron chi connectivity index (χ2n) is 7.78. The van der Waals surface area contributed by atoms with E-state index in [9.17, 15) is 22.4 Å². The lowest BCUT2D eigenvalue weighted by Gasteiger charge is -2.09. The number of anilines is 2. The molecule has 2 amide bonds. The fraction of sp³-hybridized carbons (Fsp3) is 0.0769. The zero-order valence-electron chi connectivity index (χ0n) is 19.8. The van der Waals surface area contributed by atoms with E-state index < -0.39 is 27.7 Å². The van der Waals surface area contributed by atoms with Crippen LogP contribution in [0.1, 0.15) is 20.7 Å². The summed E-state index contributed by atoms with van der Waals surface area (Å²) in [5, 5.41) is 5.53. The number of sulfonamides is 1. The topological polar surface area (TPSA) is 130 Å². The number of halogens is 1. The fourth-order valence-electron chi connectivity index (χ4n) is 3.18. The van der Waals surface area contributed by atoms with Crippen LogP contribution in [-0.4, -0.2) is 42.5 Å². The van der Waals surface area contributed by atoms with E-state index in [0.29, 0.717) is 12.2 Å². The van der Waals surface area contributed by atoms with E-state index in [2.05, 4.69) is 20.6 Å². The van der Waals surface area contributed by atoms with Gasteiger partial charge in [-0.25, -0.2) is 27.5 Å². The van der Waals surface area contributed by atoms with E-state index in [-0.39, 0.29) is 22.0 Å². The molecule has 0 saturated carbocycles. The Balaban J connectivity index is 1.30. The van der Waals surface area contributed by atoms with Gasteiger partial charge in [0.25, 0.3) is 21.8 Å². The summed E-state index contributed by atoms with van der Waals surface area (Å²) in [7, 11) is -4.22. The van der Waals surface area contributed by atoms with E-state index >= 15 is 0 Å². The molecule has 12 heteroatoms. The highest BCUT2D eigenvalue weighted by Crippen LogP contribution is 2.17. The molecular weight excluding hydrogens is 529 g/mol. The molecule has 4 aromatic rings. The molecule has 0 aliphatic carbocycles. The Morgan fingerprint density at radius 1 is 0.842 bits per heavy atom. The van der Waals surface area contributed by atoms with Crippen LogP contribution in [0, 0.1) is 5.82 Å². The van der Waals surface area contributed by atoms with Crippen LogP contribution in [0.2, 0.25) is 0 Å². The first-order chi connectivity index (χ1) is 18.3. The zero-order valence-corrected chi connectivity index (χ0v) is 21.4. The average Bonchev–Trinajstić information content (AvgIpc) is 2.92. The molecule has 194 valence electrons. The van der Waals surface area contributed by atoms with Crippen molar-refractivity contribution in [3.8, 4) is 0 Å². The largest absolute Gasteiger partial charge is 0.353 e. The van der Waals surface area contributed by atoms with E-state index in [1.807, 2.05) is 35.1 Å². The van der Waals surface area contributed by atoms with Gasteiger partial charge in [0.2, 0.25) is 5.95 Å². The quantitative estimate of drug-likeness (QED) is 0.198. The van der Waals surface area contributed by atoms with E-state index in [1.54, 1.807) is 11.8 Å². The van der Waals surface area contributed by atoms with Crippen LogP contribution in [0.4, 0.5) is 16.0 Å². The van der Waals surface area contributed by atoms with Gasteiger partial charge >= 0.3 is 0 Å². The number of hydrogen-bond donors (Lipinski definition) is 3. The monoisotopic (exact) mass is 551 g/mol. The number of nitrogens with one attached hydrogen (secondary N) is 3. The predicted molar refractivity (Wildman–Crippen MR) is 143 cm³/mol. The first kappa shape index (κ1) is 26.8. The van der Waals surface area contributed by atoms with Gasteiger partial charge in [-0.1, -0.05) is 30.3 Å². The van der Waals surface area contributed by atoms with Gasteiger partial charge in [0.1, 0.15) is 10.7 Å². The molecule has 4 rings (SSSR count). The van der Waals surface area contributed by atoms with Crippen LogP contribution < -0.4 is 15.4 Å². The van der Waals surface area contributed by atoms with Crippen LogP contribution >= 0.6 is 11.8 Å². The number of hydrogen-bond acceptors (Lipinski definition) is 8. The molecule has 0 saturated heterocycles. The number of carbonyl (C=O) groups is 2. The van der Waals surface area contributed by atoms with Gasteiger partial charge in [-0.15, -0.1) is 11.8 Å². The lowest BCUT2D eigenvalue weighted by atomic mass is 10.1. The molecule has 0 fully saturated rings. The van der Waals surface area contributed by atoms with Crippen molar-refractivity contribution in [3.63, 3.8) is 0 Å². The lowest BCUT2D eigenvalue weighted by molar-refractivity contribution is 0.0980. The molecule has 1 aromatic heterocycles. The van der Waals surface area contributed by atoms with Crippen LogP contribution in [0.15, 0.2) is 101 Å². The molecule has 0 radical (unpaired) electrons. The van der Waals surface area contributed by atoms with Crippen molar-refractivity contribution in [2.75, 3.05) is 22.9 Å². The first-order valence-electron chi connectivity index (χ1n) is 11.3. The Bertz CT molecular complexity index is 1520. The van der Waals surface area contributed by atoms with Gasteiger partial charge in [-0.3, -0.25) is 9.59 Å². The number of nitrogens with zero attached hydrogens (tertiary/aromatic N) is 2. The van der Waals surface area contributed by atoms with Crippen LogP contribution in [0.5, 0.6) is 0 Å². The minimum absolute atomic E-state index is 0.0348. The number of thioether (sulfide) groups is 1. The van der Waals surface area contributed by atoms with E-state index in [0.717, 1.165) is 23.0 Å². The minimum atomic E-state index is -4.22. The van der Waals surface area contributed by atoms with Crippen molar-refractivity contribution >= 4 is 45.2 Å². The highest BCUT2D eigenvalue weighted by atomic mass is 32.2. The molecule has 1 heterocycles. The summed E-state index contributed by atoms with van der Waals surface area (Å²) < 4.78 is 41.0. The average molecular weight is 552 g/mol. The van der Waals surface area contributed by atoms with Crippen LogP contribution in [0.3, 0.4) is 0 Å². The minimum Gasteiger partial charge on any atom is -0.353 e.